The second kappa shape index (κ2) is 12.0. The van der Waals surface area contributed by atoms with Crippen molar-refractivity contribution in [3.05, 3.63) is 72.2 Å². The number of rotatable bonds is 9. The minimum absolute atomic E-state index is 0.132. The predicted molar refractivity (Wildman–Crippen MR) is 122 cm³/mol. The van der Waals surface area contributed by atoms with Crippen LogP contribution in [0, 0.1) is 0 Å². The summed E-state index contributed by atoms with van der Waals surface area (Å²) in [4.78, 5) is 23.2. The molecule has 0 aliphatic carbocycles. The first-order chi connectivity index (χ1) is 15.2. The number of carbonyl (C=O) groups excluding carboxylic acids is 1. The monoisotopic (exact) mass is 421 g/mol. The SMILES string of the molecule is CC/C=C\N=C(COC1CCN(C(=O)Cc2ccc(OC)cc2)CC1)c1ccncc1. The Morgan fingerprint density at radius 1 is 1.16 bits per heavy atom. The zero-order valence-corrected chi connectivity index (χ0v) is 18.4. The summed E-state index contributed by atoms with van der Waals surface area (Å²) in [5.41, 5.74) is 2.91. The van der Waals surface area contributed by atoms with Crippen molar-refractivity contribution in [3.8, 4) is 5.75 Å². The van der Waals surface area contributed by atoms with Gasteiger partial charge in [0.2, 0.25) is 5.91 Å². The molecule has 3 rings (SSSR count). The molecule has 0 spiro atoms. The van der Waals surface area contributed by atoms with E-state index < -0.39 is 0 Å². The summed E-state index contributed by atoms with van der Waals surface area (Å²) in [5.74, 6) is 0.960. The van der Waals surface area contributed by atoms with Crippen LogP contribution in [-0.2, 0) is 16.0 Å². The number of piperidine rings is 1. The van der Waals surface area contributed by atoms with Crippen LogP contribution in [0.3, 0.4) is 0 Å². The first kappa shape index (κ1) is 22.7. The van der Waals surface area contributed by atoms with Crippen molar-refractivity contribution in [2.24, 2.45) is 4.99 Å². The van der Waals surface area contributed by atoms with Crippen LogP contribution in [0.15, 0.2) is 66.1 Å². The molecular weight excluding hydrogens is 390 g/mol. The third-order valence-corrected chi connectivity index (χ3v) is 5.35. The van der Waals surface area contributed by atoms with Gasteiger partial charge >= 0.3 is 0 Å². The summed E-state index contributed by atoms with van der Waals surface area (Å²) in [5, 5.41) is 0. The fourth-order valence-corrected chi connectivity index (χ4v) is 3.49. The molecule has 0 N–H and O–H groups in total. The van der Waals surface area contributed by atoms with Gasteiger partial charge in [0.25, 0.3) is 0 Å². The largest absolute Gasteiger partial charge is 0.497 e. The summed E-state index contributed by atoms with van der Waals surface area (Å²) >= 11 is 0. The van der Waals surface area contributed by atoms with E-state index in [2.05, 4.69) is 16.9 Å². The molecule has 6 nitrogen and oxygen atoms in total. The summed E-state index contributed by atoms with van der Waals surface area (Å²) in [7, 11) is 1.64. The van der Waals surface area contributed by atoms with E-state index in [1.54, 1.807) is 19.5 Å². The van der Waals surface area contributed by atoms with E-state index in [0.717, 1.165) is 54.9 Å². The molecule has 1 aliphatic rings. The van der Waals surface area contributed by atoms with Crippen molar-refractivity contribution in [1.29, 1.82) is 0 Å². The van der Waals surface area contributed by atoms with Crippen molar-refractivity contribution >= 4 is 11.6 Å². The van der Waals surface area contributed by atoms with E-state index >= 15 is 0 Å². The Morgan fingerprint density at radius 3 is 2.52 bits per heavy atom. The van der Waals surface area contributed by atoms with Crippen LogP contribution in [0.2, 0.25) is 0 Å². The third kappa shape index (κ3) is 7.03. The van der Waals surface area contributed by atoms with Crippen LogP contribution in [0.1, 0.15) is 37.3 Å². The molecule has 164 valence electrons. The van der Waals surface area contributed by atoms with Crippen LogP contribution >= 0.6 is 0 Å². The zero-order valence-electron chi connectivity index (χ0n) is 18.4. The molecule has 1 aromatic heterocycles. The lowest BCUT2D eigenvalue weighted by Gasteiger charge is -2.32. The van der Waals surface area contributed by atoms with Crippen molar-refractivity contribution < 1.29 is 14.3 Å². The van der Waals surface area contributed by atoms with Crippen LogP contribution in [0.5, 0.6) is 5.75 Å². The highest BCUT2D eigenvalue weighted by Gasteiger charge is 2.23. The predicted octanol–water partition coefficient (Wildman–Crippen LogP) is 4.05. The highest BCUT2D eigenvalue weighted by Crippen LogP contribution is 2.17. The number of aromatic nitrogens is 1. The highest BCUT2D eigenvalue weighted by molar-refractivity contribution is 6.01. The van der Waals surface area contributed by atoms with Crippen molar-refractivity contribution in [2.45, 2.75) is 38.7 Å². The van der Waals surface area contributed by atoms with Crippen LogP contribution in [-0.4, -0.2) is 54.4 Å². The smallest absolute Gasteiger partial charge is 0.226 e. The maximum absolute atomic E-state index is 12.6. The zero-order chi connectivity index (χ0) is 21.9. The number of ether oxygens (including phenoxy) is 2. The van der Waals surface area contributed by atoms with Gasteiger partial charge in [0.15, 0.2) is 0 Å². The fourth-order valence-electron chi connectivity index (χ4n) is 3.49. The Labute approximate surface area is 184 Å². The molecule has 0 radical (unpaired) electrons. The molecule has 0 atom stereocenters. The van der Waals surface area contributed by atoms with E-state index in [-0.39, 0.29) is 12.0 Å². The third-order valence-electron chi connectivity index (χ3n) is 5.35. The number of pyridine rings is 1. The van der Waals surface area contributed by atoms with E-state index in [0.29, 0.717) is 13.0 Å². The number of allylic oxidation sites excluding steroid dienone is 1. The summed E-state index contributed by atoms with van der Waals surface area (Å²) < 4.78 is 11.3. The Hall–Kier alpha value is -2.99. The lowest BCUT2D eigenvalue weighted by molar-refractivity contribution is -0.132. The molecule has 6 heteroatoms. The second-order valence-electron chi connectivity index (χ2n) is 7.52. The number of hydrogen-bond acceptors (Lipinski definition) is 5. The molecule has 1 amide bonds. The Balaban J connectivity index is 1.48. The van der Waals surface area contributed by atoms with E-state index in [4.69, 9.17) is 9.47 Å². The van der Waals surface area contributed by atoms with Gasteiger partial charge in [-0.05, 0) is 49.1 Å². The van der Waals surface area contributed by atoms with E-state index in [1.807, 2.05) is 53.6 Å². The maximum Gasteiger partial charge on any atom is 0.226 e. The van der Waals surface area contributed by atoms with Gasteiger partial charge < -0.3 is 14.4 Å². The van der Waals surface area contributed by atoms with E-state index in [9.17, 15) is 4.79 Å². The Bertz CT molecular complexity index is 871. The lowest BCUT2D eigenvalue weighted by Crippen LogP contribution is -2.42. The molecule has 1 saturated heterocycles. The van der Waals surface area contributed by atoms with Crippen molar-refractivity contribution in [2.75, 3.05) is 26.8 Å². The minimum atomic E-state index is 0.132. The first-order valence-corrected chi connectivity index (χ1v) is 10.8. The number of methoxy groups -OCH3 is 1. The lowest BCUT2D eigenvalue weighted by atomic mass is 10.1. The van der Waals surface area contributed by atoms with E-state index in [1.165, 1.54) is 0 Å². The number of benzene rings is 1. The van der Waals surface area contributed by atoms with Gasteiger partial charge in [-0.3, -0.25) is 14.8 Å². The Kier molecular flexibility index (Phi) is 8.79. The average molecular weight is 422 g/mol. The van der Waals surface area contributed by atoms with Crippen LogP contribution in [0.4, 0.5) is 0 Å². The van der Waals surface area contributed by atoms with Crippen LogP contribution < -0.4 is 4.74 Å². The average Bonchev–Trinajstić information content (AvgIpc) is 2.82. The normalized spacial score (nSPS) is 15.4. The van der Waals surface area contributed by atoms with Gasteiger partial charge in [-0.1, -0.05) is 25.1 Å². The van der Waals surface area contributed by atoms with Gasteiger partial charge in [0.1, 0.15) is 5.75 Å². The Morgan fingerprint density at radius 2 is 1.87 bits per heavy atom. The number of aliphatic imine (C=N–C) groups is 1. The summed E-state index contributed by atoms with van der Waals surface area (Å²) in [6.07, 6.45) is 10.5. The number of carbonyl (C=O) groups is 1. The summed E-state index contributed by atoms with van der Waals surface area (Å²) in [6, 6.07) is 11.6. The first-order valence-electron chi connectivity index (χ1n) is 10.8. The minimum Gasteiger partial charge on any atom is -0.497 e. The molecule has 1 aromatic carbocycles. The standard InChI is InChI=1S/C25H31N3O3/c1-3-4-13-27-24(21-9-14-26-15-10-21)19-31-23-11-16-28(17-12-23)25(29)18-20-5-7-22(30-2)8-6-20/h4-10,13-15,23H,3,11-12,16-19H2,1-2H3/b13-4-,27-24?. The molecule has 1 fully saturated rings. The number of amides is 1. The quantitative estimate of drug-likeness (QED) is 0.573. The second-order valence-corrected chi connectivity index (χ2v) is 7.52. The molecule has 2 aromatic rings. The van der Waals surface area contributed by atoms with Gasteiger partial charge in [-0.2, -0.15) is 0 Å². The van der Waals surface area contributed by atoms with Gasteiger partial charge in [0.05, 0.1) is 32.0 Å². The number of hydrogen-bond donors (Lipinski definition) is 0. The molecule has 1 aliphatic heterocycles. The van der Waals surface area contributed by atoms with Crippen molar-refractivity contribution in [3.63, 3.8) is 0 Å². The molecule has 0 bridgehead atoms. The molecule has 2 heterocycles. The molecule has 31 heavy (non-hydrogen) atoms. The number of likely N-dealkylation sites (tertiary alicyclic amines) is 1. The van der Waals surface area contributed by atoms with Crippen molar-refractivity contribution in [1.82, 2.24) is 9.88 Å². The summed E-state index contributed by atoms with van der Waals surface area (Å²) in [6.45, 7) is 3.97. The van der Waals surface area contributed by atoms with Gasteiger partial charge in [-0.15, -0.1) is 0 Å². The molecule has 0 saturated carbocycles. The molecule has 0 unspecified atom stereocenters. The highest BCUT2D eigenvalue weighted by atomic mass is 16.5. The molecular formula is C25H31N3O3. The van der Waals surface area contributed by atoms with Gasteiger partial charge in [-0.25, -0.2) is 0 Å². The fraction of sp³-hybridized carbons (Fsp3) is 0.400. The maximum atomic E-state index is 12.6. The van der Waals surface area contributed by atoms with Crippen LogP contribution in [0.25, 0.3) is 0 Å². The topological polar surface area (TPSA) is 64.0 Å². The van der Waals surface area contributed by atoms with Gasteiger partial charge in [0, 0.05) is 37.2 Å². The number of nitrogens with zero attached hydrogens (tertiary/aromatic N) is 3.